The SMILES string of the molecule is C#CCSCCNc1ccnc(Cl)n1. The molecule has 0 radical (unpaired) electrons. The zero-order chi connectivity index (χ0) is 10.2. The highest BCUT2D eigenvalue weighted by atomic mass is 35.5. The largest absolute Gasteiger partial charge is 0.369 e. The zero-order valence-corrected chi connectivity index (χ0v) is 9.11. The van der Waals surface area contributed by atoms with Gasteiger partial charge in [-0.2, -0.15) is 0 Å². The van der Waals surface area contributed by atoms with Crippen LogP contribution in [0.5, 0.6) is 0 Å². The number of nitrogens with one attached hydrogen (secondary N) is 1. The Kier molecular flexibility index (Phi) is 5.20. The highest BCUT2D eigenvalue weighted by molar-refractivity contribution is 7.99. The van der Waals surface area contributed by atoms with E-state index in [2.05, 4.69) is 21.2 Å². The minimum absolute atomic E-state index is 0.256. The number of nitrogens with zero attached hydrogens (tertiary/aromatic N) is 2. The van der Waals surface area contributed by atoms with E-state index in [1.165, 1.54) is 0 Å². The molecule has 0 fully saturated rings. The topological polar surface area (TPSA) is 37.8 Å². The fourth-order valence-corrected chi connectivity index (χ4v) is 1.47. The summed E-state index contributed by atoms with van der Waals surface area (Å²) in [7, 11) is 0. The lowest BCUT2D eigenvalue weighted by atomic mass is 10.5. The molecule has 0 atom stereocenters. The van der Waals surface area contributed by atoms with Gasteiger partial charge in [0.15, 0.2) is 0 Å². The molecule has 0 amide bonds. The van der Waals surface area contributed by atoms with Crippen molar-refractivity contribution >= 4 is 29.2 Å². The summed E-state index contributed by atoms with van der Waals surface area (Å²) >= 11 is 7.32. The van der Waals surface area contributed by atoms with E-state index < -0.39 is 0 Å². The first-order chi connectivity index (χ1) is 6.83. The Morgan fingerprint density at radius 1 is 1.64 bits per heavy atom. The molecule has 0 saturated heterocycles. The summed E-state index contributed by atoms with van der Waals surface area (Å²) in [6.45, 7) is 0.819. The van der Waals surface area contributed by atoms with Crippen molar-refractivity contribution in [1.29, 1.82) is 0 Å². The Balaban J connectivity index is 2.22. The van der Waals surface area contributed by atoms with Gasteiger partial charge >= 0.3 is 0 Å². The van der Waals surface area contributed by atoms with Crippen LogP contribution < -0.4 is 5.32 Å². The minimum atomic E-state index is 0.256. The van der Waals surface area contributed by atoms with Gasteiger partial charge in [-0.1, -0.05) is 5.92 Å². The van der Waals surface area contributed by atoms with Crippen LogP contribution >= 0.6 is 23.4 Å². The van der Waals surface area contributed by atoms with E-state index >= 15 is 0 Å². The summed E-state index contributed by atoms with van der Waals surface area (Å²) in [5.74, 6) is 5.00. The number of aromatic nitrogens is 2. The molecule has 1 heterocycles. The van der Waals surface area contributed by atoms with Crippen molar-refractivity contribution < 1.29 is 0 Å². The van der Waals surface area contributed by atoms with Crippen LogP contribution in [0.3, 0.4) is 0 Å². The van der Waals surface area contributed by atoms with E-state index in [1.54, 1.807) is 24.0 Å². The first kappa shape index (κ1) is 11.2. The number of thioether (sulfide) groups is 1. The van der Waals surface area contributed by atoms with Gasteiger partial charge in [-0.05, 0) is 17.7 Å². The molecule has 1 N–H and O–H groups in total. The van der Waals surface area contributed by atoms with Crippen LogP contribution in [0.4, 0.5) is 5.82 Å². The maximum Gasteiger partial charge on any atom is 0.224 e. The second-order valence-corrected chi connectivity index (χ2v) is 3.84. The lowest BCUT2D eigenvalue weighted by Gasteiger charge is -2.03. The van der Waals surface area contributed by atoms with Crippen molar-refractivity contribution in [2.45, 2.75) is 0 Å². The Labute approximate surface area is 92.7 Å². The van der Waals surface area contributed by atoms with Crippen LogP contribution in [-0.2, 0) is 0 Å². The Morgan fingerprint density at radius 2 is 2.50 bits per heavy atom. The Hall–Kier alpha value is -0.920. The Morgan fingerprint density at radius 3 is 3.21 bits per heavy atom. The summed E-state index contributed by atoms with van der Waals surface area (Å²) in [6, 6.07) is 1.78. The predicted molar refractivity (Wildman–Crippen MR) is 61.7 cm³/mol. The van der Waals surface area contributed by atoms with Crippen LogP contribution in [0.25, 0.3) is 0 Å². The van der Waals surface area contributed by atoms with E-state index in [-0.39, 0.29) is 5.28 Å². The van der Waals surface area contributed by atoms with E-state index in [9.17, 15) is 0 Å². The number of halogens is 1. The van der Waals surface area contributed by atoms with Gasteiger partial charge in [0.05, 0.1) is 5.75 Å². The summed E-state index contributed by atoms with van der Waals surface area (Å²) < 4.78 is 0. The average Bonchev–Trinajstić information content (AvgIpc) is 2.18. The summed E-state index contributed by atoms with van der Waals surface area (Å²) in [4.78, 5) is 7.76. The smallest absolute Gasteiger partial charge is 0.224 e. The second kappa shape index (κ2) is 6.52. The first-order valence-corrected chi connectivity index (χ1v) is 5.60. The maximum absolute atomic E-state index is 5.61. The fraction of sp³-hybridized carbons (Fsp3) is 0.333. The first-order valence-electron chi connectivity index (χ1n) is 4.06. The number of hydrogen-bond acceptors (Lipinski definition) is 4. The second-order valence-electron chi connectivity index (χ2n) is 2.39. The lowest BCUT2D eigenvalue weighted by molar-refractivity contribution is 1.12. The number of anilines is 1. The van der Waals surface area contributed by atoms with Gasteiger partial charge in [0, 0.05) is 18.5 Å². The van der Waals surface area contributed by atoms with Crippen molar-refractivity contribution in [2.75, 3.05) is 23.4 Å². The van der Waals surface area contributed by atoms with Crippen LogP contribution in [0, 0.1) is 12.3 Å². The zero-order valence-electron chi connectivity index (χ0n) is 7.53. The molecule has 0 aliphatic carbocycles. The molecular weight excluding hydrogens is 218 g/mol. The van der Waals surface area contributed by atoms with Gasteiger partial charge in [-0.15, -0.1) is 18.2 Å². The number of hydrogen-bond donors (Lipinski definition) is 1. The van der Waals surface area contributed by atoms with E-state index in [0.29, 0.717) is 0 Å². The molecule has 0 unspecified atom stereocenters. The molecule has 5 heteroatoms. The van der Waals surface area contributed by atoms with Crippen molar-refractivity contribution in [3.63, 3.8) is 0 Å². The molecule has 0 aliphatic rings. The average molecular weight is 228 g/mol. The molecule has 3 nitrogen and oxygen atoms in total. The summed E-state index contributed by atoms with van der Waals surface area (Å²) in [5.41, 5.74) is 0. The minimum Gasteiger partial charge on any atom is -0.369 e. The number of rotatable bonds is 5. The molecule has 14 heavy (non-hydrogen) atoms. The third-order valence-electron chi connectivity index (χ3n) is 1.36. The quantitative estimate of drug-likeness (QED) is 0.474. The van der Waals surface area contributed by atoms with Gasteiger partial charge in [0.25, 0.3) is 0 Å². The van der Waals surface area contributed by atoms with Crippen LogP contribution in [0.1, 0.15) is 0 Å². The standard InChI is InChI=1S/C9H10ClN3S/c1-2-6-14-7-5-11-8-3-4-12-9(10)13-8/h1,3-4H,5-7H2,(H,11,12,13). The Bertz CT molecular complexity index is 324. The number of terminal acetylenes is 1. The lowest BCUT2D eigenvalue weighted by Crippen LogP contribution is -2.06. The molecule has 0 spiro atoms. The van der Waals surface area contributed by atoms with Crippen molar-refractivity contribution in [3.05, 3.63) is 17.5 Å². The van der Waals surface area contributed by atoms with E-state index in [1.807, 2.05) is 0 Å². The van der Waals surface area contributed by atoms with Gasteiger partial charge < -0.3 is 5.32 Å². The summed E-state index contributed by atoms with van der Waals surface area (Å²) in [6.07, 6.45) is 6.73. The van der Waals surface area contributed by atoms with Crippen molar-refractivity contribution in [2.24, 2.45) is 0 Å². The molecule has 1 aromatic heterocycles. The molecule has 1 rings (SSSR count). The molecule has 74 valence electrons. The third kappa shape index (κ3) is 4.35. The van der Waals surface area contributed by atoms with E-state index in [4.69, 9.17) is 18.0 Å². The molecule has 1 aromatic rings. The predicted octanol–water partition coefficient (Wildman–Crippen LogP) is 1.91. The molecule has 0 bridgehead atoms. The molecule has 0 saturated carbocycles. The van der Waals surface area contributed by atoms with Gasteiger partial charge in [-0.25, -0.2) is 9.97 Å². The van der Waals surface area contributed by atoms with Crippen molar-refractivity contribution in [3.8, 4) is 12.3 Å². The van der Waals surface area contributed by atoms with Gasteiger partial charge in [0.1, 0.15) is 5.82 Å². The molecular formula is C9H10ClN3S. The van der Waals surface area contributed by atoms with Crippen LogP contribution in [0.2, 0.25) is 5.28 Å². The molecule has 0 aliphatic heterocycles. The normalized spacial score (nSPS) is 9.43. The van der Waals surface area contributed by atoms with Crippen LogP contribution in [0.15, 0.2) is 12.3 Å². The highest BCUT2D eigenvalue weighted by Crippen LogP contribution is 2.06. The molecule has 0 aromatic carbocycles. The van der Waals surface area contributed by atoms with Gasteiger partial charge in [-0.3, -0.25) is 0 Å². The third-order valence-corrected chi connectivity index (χ3v) is 2.41. The van der Waals surface area contributed by atoms with Crippen molar-refractivity contribution in [1.82, 2.24) is 9.97 Å². The van der Waals surface area contributed by atoms with Gasteiger partial charge in [0.2, 0.25) is 5.28 Å². The maximum atomic E-state index is 5.61. The monoisotopic (exact) mass is 227 g/mol. The fourth-order valence-electron chi connectivity index (χ4n) is 0.816. The van der Waals surface area contributed by atoms with Crippen LogP contribution in [-0.4, -0.2) is 28.0 Å². The van der Waals surface area contributed by atoms with E-state index in [0.717, 1.165) is 23.9 Å². The summed E-state index contributed by atoms with van der Waals surface area (Å²) in [5, 5.41) is 3.38. The highest BCUT2D eigenvalue weighted by Gasteiger charge is 1.94.